The number of hydrogen-bond donors (Lipinski definition) is 2. The van der Waals surface area contributed by atoms with Crippen molar-refractivity contribution in [3.05, 3.63) is 18.2 Å². The van der Waals surface area contributed by atoms with E-state index in [1.165, 1.54) is 14.2 Å². The molecule has 0 aromatic heterocycles. The van der Waals surface area contributed by atoms with E-state index in [2.05, 4.69) is 5.32 Å². The molecule has 0 unspecified atom stereocenters. The summed E-state index contributed by atoms with van der Waals surface area (Å²) in [6.07, 6.45) is 0.397. The summed E-state index contributed by atoms with van der Waals surface area (Å²) in [7, 11) is 3.03. The van der Waals surface area contributed by atoms with E-state index in [9.17, 15) is 9.59 Å². The third-order valence-corrected chi connectivity index (χ3v) is 3.10. The number of carboxylic acids is 1. The van der Waals surface area contributed by atoms with E-state index in [-0.39, 0.29) is 5.91 Å². The zero-order valence-corrected chi connectivity index (χ0v) is 10.7. The van der Waals surface area contributed by atoms with Gasteiger partial charge >= 0.3 is 5.97 Å². The highest BCUT2D eigenvalue weighted by atomic mass is 16.5. The number of nitrogens with one attached hydrogen (secondary N) is 1. The van der Waals surface area contributed by atoms with E-state index in [0.29, 0.717) is 23.6 Å². The van der Waals surface area contributed by atoms with Crippen molar-refractivity contribution in [3.63, 3.8) is 0 Å². The Morgan fingerprint density at radius 2 is 1.89 bits per heavy atom. The first-order valence-electron chi connectivity index (χ1n) is 5.82. The van der Waals surface area contributed by atoms with Gasteiger partial charge in [-0.1, -0.05) is 0 Å². The molecule has 1 aromatic carbocycles. The molecule has 2 atom stereocenters. The first kappa shape index (κ1) is 13.2. The lowest BCUT2D eigenvalue weighted by Gasteiger charge is -2.10. The molecule has 19 heavy (non-hydrogen) atoms. The second kappa shape index (κ2) is 5.17. The molecule has 0 heterocycles. The molecular formula is C13H15NO5. The van der Waals surface area contributed by atoms with E-state index in [1.54, 1.807) is 18.2 Å². The van der Waals surface area contributed by atoms with Crippen LogP contribution in [0.4, 0.5) is 5.69 Å². The Bertz CT molecular complexity index is 514. The molecule has 0 aliphatic heterocycles. The highest BCUT2D eigenvalue weighted by Crippen LogP contribution is 2.39. The minimum atomic E-state index is -0.924. The van der Waals surface area contributed by atoms with Gasteiger partial charge in [0.1, 0.15) is 0 Å². The third kappa shape index (κ3) is 2.78. The summed E-state index contributed by atoms with van der Waals surface area (Å²) in [4.78, 5) is 22.5. The van der Waals surface area contributed by atoms with Crippen molar-refractivity contribution in [3.8, 4) is 11.5 Å². The lowest BCUT2D eigenvalue weighted by molar-refractivity contribution is -0.139. The van der Waals surface area contributed by atoms with Gasteiger partial charge in [-0.2, -0.15) is 0 Å². The monoisotopic (exact) mass is 265 g/mol. The van der Waals surface area contributed by atoms with Crippen LogP contribution >= 0.6 is 0 Å². The molecule has 6 nitrogen and oxygen atoms in total. The molecule has 1 saturated carbocycles. The highest BCUT2D eigenvalue weighted by molar-refractivity contribution is 5.98. The van der Waals surface area contributed by atoms with Crippen LogP contribution in [0.1, 0.15) is 6.42 Å². The summed E-state index contributed by atoms with van der Waals surface area (Å²) in [6.45, 7) is 0. The van der Waals surface area contributed by atoms with E-state index in [4.69, 9.17) is 14.6 Å². The van der Waals surface area contributed by atoms with Crippen LogP contribution < -0.4 is 14.8 Å². The van der Waals surface area contributed by atoms with Crippen LogP contribution in [-0.4, -0.2) is 31.2 Å². The summed E-state index contributed by atoms with van der Waals surface area (Å²) in [5.41, 5.74) is 0.554. The summed E-state index contributed by atoms with van der Waals surface area (Å²) in [5, 5.41) is 11.4. The normalized spacial score (nSPS) is 20.5. The molecule has 2 rings (SSSR count). The van der Waals surface area contributed by atoms with Crippen molar-refractivity contribution in [2.45, 2.75) is 6.42 Å². The smallest absolute Gasteiger partial charge is 0.307 e. The fraction of sp³-hybridized carbons (Fsp3) is 0.385. The van der Waals surface area contributed by atoms with Gasteiger partial charge in [-0.05, 0) is 18.6 Å². The van der Waals surface area contributed by atoms with Crippen LogP contribution in [0.3, 0.4) is 0 Å². The average Bonchev–Trinajstić information content (AvgIpc) is 3.19. The van der Waals surface area contributed by atoms with Gasteiger partial charge in [-0.25, -0.2) is 0 Å². The van der Waals surface area contributed by atoms with Gasteiger partial charge in [0, 0.05) is 11.8 Å². The number of amides is 1. The lowest BCUT2D eigenvalue weighted by atomic mass is 10.2. The van der Waals surface area contributed by atoms with Crippen molar-refractivity contribution in [1.82, 2.24) is 0 Å². The number of rotatable bonds is 5. The second-order valence-corrected chi connectivity index (χ2v) is 4.35. The molecule has 1 amide bonds. The number of methoxy groups -OCH3 is 2. The van der Waals surface area contributed by atoms with E-state index in [1.807, 2.05) is 0 Å². The Kier molecular flexibility index (Phi) is 3.59. The van der Waals surface area contributed by atoms with Crippen LogP contribution in [0.25, 0.3) is 0 Å². The Balaban J connectivity index is 2.04. The quantitative estimate of drug-likeness (QED) is 0.839. The minimum absolute atomic E-state index is 0.278. The first-order chi connectivity index (χ1) is 9.06. The number of carboxylic acid groups (broad SMARTS) is 1. The highest BCUT2D eigenvalue weighted by Gasteiger charge is 2.48. The molecule has 0 radical (unpaired) electrons. The zero-order chi connectivity index (χ0) is 14.0. The summed E-state index contributed by atoms with van der Waals surface area (Å²) in [5.74, 6) is -1.13. The first-order valence-corrected chi connectivity index (χ1v) is 5.82. The average molecular weight is 265 g/mol. The van der Waals surface area contributed by atoms with Crippen LogP contribution in [0.15, 0.2) is 18.2 Å². The maximum Gasteiger partial charge on any atom is 0.307 e. The number of aliphatic carboxylic acids is 1. The second-order valence-electron chi connectivity index (χ2n) is 4.35. The van der Waals surface area contributed by atoms with Gasteiger partial charge in [0.05, 0.1) is 26.1 Å². The lowest BCUT2D eigenvalue weighted by Crippen LogP contribution is -2.16. The number of carbonyl (C=O) groups is 2. The van der Waals surface area contributed by atoms with Crippen molar-refractivity contribution >= 4 is 17.6 Å². The summed E-state index contributed by atoms with van der Waals surface area (Å²) >= 11 is 0. The summed E-state index contributed by atoms with van der Waals surface area (Å²) in [6, 6.07) is 4.99. The van der Waals surface area contributed by atoms with Gasteiger partial charge in [0.15, 0.2) is 11.5 Å². The number of carbonyl (C=O) groups excluding carboxylic acids is 1. The Labute approximate surface area is 110 Å². The van der Waals surface area contributed by atoms with Crippen molar-refractivity contribution in [2.75, 3.05) is 19.5 Å². The number of hydrogen-bond acceptors (Lipinski definition) is 4. The van der Waals surface area contributed by atoms with Crippen LogP contribution in [0.2, 0.25) is 0 Å². The van der Waals surface area contributed by atoms with Crippen LogP contribution in [0, 0.1) is 11.8 Å². The van der Waals surface area contributed by atoms with Crippen LogP contribution in [0.5, 0.6) is 11.5 Å². The van der Waals surface area contributed by atoms with Gasteiger partial charge in [-0.15, -0.1) is 0 Å². The largest absolute Gasteiger partial charge is 0.493 e. The fourth-order valence-electron chi connectivity index (χ4n) is 1.91. The third-order valence-electron chi connectivity index (χ3n) is 3.10. The SMILES string of the molecule is COc1ccc(NC(=O)[C@@H]2C[C@@H]2C(=O)O)cc1OC. The van der Waals surface area contributed by atoms with Crippen molar-refractivity contribution in [1.29, 1.82) is 0 Å². The van der Waals surface area contributed by atoms with E-state index in [0.717, 1.165) is 0 Å². The molecule has 1 aliphatic carbocycles. The molecule has 0 spiro atoms. The zero-order valence-electron chi connectivity index (χ0n) is 10.7. The molecule has 1 fully saturated rings. The molecule has 0 saturated heterocycles. The Morgan fingerprint density at radius 3 is 2.42 bits per heavy atom. The molecule has 6 heteroatoms. The molecular weight excluding hydrogens is 250 g/mol. The number of ether oxygens (including phenoxy) is 2. The van der Waals surface area contributed by atoms with Crippen molar-refractivity contribution < 1.29 is 24.2 Å². The Morgan fingerprint density at radius 1 is 1.21 bits per heavy atom. The van der Waals surface area contributed by atoms with Gasteiger partial charge in [0.25, 0.3) is 0 Å². The fourth-order valence-corrected chi connectivity index (χ4v) is 1.91. The molecule has 1 aromatic rings. The van der Waals surface area contributed by atoms with Crippen LogP contribution in [-0.2, 0) is 9.59 Å². The molecule has 2 N–H and O–H groups in total. The topological polar surface area (TPSA) is 84.9 Å². The number of anilines is 1. The Hall–Kier alpha value is -2.24. The maximum atomic E-state index is 11.8. The minimum Gasteiger partial charge on any atom is -0.493 e. The van der Waals surface area contributed by atoms with Gasteiger partial charge < -0.3 is 19.9 Å². The predicted molar refractivity (Wildman–Crippen MR) is 67.4 cm³/mol. The van der Waals surface area contributed by atoms with E-state index >= 15 is 0 Å². The molecule has 0 bridgehead atoms. The van der Waals surface area contributed by atoms with Crippen molar-refractivity contribution in [2.24, 2.45) is 11.8 Å². The molecule has 1 aliphatic rings. The maximum absolute atomic E-state index is 11.8. The molecule has 102 valence electrons. The van der Waals surface area contributed by atoms with E-state index < -0.39 is 17.8 Å². The standard InChI is InChI=1S/C13H15NO5/c1-18-10-4-3-7(5-11(10)19-2)14-12(15)8-6-9(8)13(16)17/h3-5,8-9H,6H2,1-2H3,(H,14,15)(H,16,17)/t8-,9+/m1/s1. The number of benzene rings is 1. The summed E-state index contributed by atoms with van der Waals surface area (Å²) < 4.78 is 10.2. The van der Waals surface area contributed by atoms with Gasteiger partial charge in [-0.3, -0.25) is 9.59 Å². The predicted octanol–water partition coefficient (Wildman–Crippen LogP) is 1.36. The van der Waals surface area contributed by atoms with Gasteiger partial charge in [0.2, 0.25) is 5.91 Å².